The molecular formula is C16H28O4. The third-order valence-electron chi connectivity index (χ3n) is 3.52. The maximum Gasteiger partial charge on any atom is 0.310 e. The van der Waals surface area contributed by atoms with Gasteiger partial charge in [-0.05, 0) is 40.0 Å². The normalized spacial score (nSPS) is 23.2. The highest BCUT2D eigenvalue weighted by molar-refractivity contribution is 5.82. The van der Waals surface area contributed by atoms with Crippen molar-refractivity contribution in [3.8, 4) is 0 Å². The van der Waals surface area contributed by atoms with Gasteiger partial charge in [-0.15, -0.1) is 0 Å². The van der Waals surface area contributed by atoms with Gasteiger partial charge in [0.25, 0.3) is 0 Å². The molecule has 4 heteroatoms. The molecule has 0 aliphatic heterocycles. The molecule has 1 rings (SSSR count). The molecule has 0 N–H and O–H groups in total. The van der Waals surface area contributed by atoms with Crippen molar-refractivity contribution in [2.24, 2.45) is 11.8 Å². The summed E-state index contributed by atoms with van der Waals surface area (Å²) in [6, 6.07) is 0. The van der Waals surface area contributed by atoms with Crippen LogP contribution in [0, 0.1) is 11.8 Å². The summed E-state index contributed by atoms with van der Waals surface area (Å²) in [4.78, 5) is 24.4. The number of rotatable bonds is 5. The zero-order chi connectivity index (χ0) is 15.2. The lowest BCUT2D eigenvalue weighted by molar-refractivity contribution is -0.170. The van der Waals surface area contributed by atoms with Crippen molar-refractivity contribution in [1.82, 2.24) is 0 Å². The number of ether oxygens (including phenoxy) is 2. The van der Waals surface area contributed by atoms with Gasteiger partial charge in [0.2, 0.25) is 0 Å². The molecule has 1 saturated carbocycles. The van der Waals surface area contributed by atoms with Crippen molar-refractivity contribution >= 4 is 11.9 Å². The monoisotopic (exact) mass is 284 g/mol. The molecule has 0 heterocycles. The van der Waals surface area contributed by atoms with Crippen LogP contribution in [0.4, 0.5) is 0 Å². The van der Waals surface area contributed by atoms with Crippen LogP contribution in [-0.4, -0.2) is 24.1 Å². The van der Waals surface area contributed by atoms with E-state index < -0.39 is 5.60 Å². The first kappa shape index (κ1) is 17.0. The average Bonchev–Trinajstić information content (AvgIpc) is 2.37. The molecule has 1 fully saturated rings. The summed E-state index contributed by atoms with van der Waals surface area (Å²) in [5.41, 5.74) is -0.509. The van der Waals surface area contributed by atoms with Crippen LogP contribution in [-0.2, 0) is 19.1 Å². The first-order valence-electron chi connectivity index (χ1n) is 7.74. The number of hydrogen-bond acceptors (Lipinski definition) is 4. The van der Waals surface area contributed by atoms with Gasteiger partial charge in [-0.3, -0.25) is 9.59 Å². The number of hydrogen-bond donors (Lipinski definition) is 0. The van der Waals surface area contributed by atoms with E-state index in [0.717, 1.165) is 38.5 Å². The molecule has 1 aliphatic carbocycles. The summed E-state index contributed by atoms with van der Waals surface area (Å²) >= 11 is 0. The van der Waals surface area contributed by atoms with Crippen LogP contribution in [0.25, 0.3) is 0 Å². The summed E-state index contributed by atoms with van der Waals surface area (Å²) < 4.78 is 10.7. The quantitative estimate of drug-likeness (QED) is 0.573. The molecular weight excluding hydrogens is 256 g/mol. The van der Waals surface area contributed by atoms with Crippen molar-refractivity contribution in [1.29, 1.82) is 0 Å². The van der Waals surface area contributed by atoms with Gasteiger partial charge in [-0.25, -0.2) is 0 Å². The SMILES string of the molecule is CCCCOC(=O)C1CCCCC1C(=O)OC(C)(C)C. The third kappa shape index (κ3) is 5.51. The predicted octanol–water partition coefficient (Wildman–Crippen LogP) is 3.48. The van der Waals surface area contributed by atoms with E-state index in [1.807, 2.05) is 20.8 Å². The molecule has 1 aliphatic rings. The van der Waals surface area contributed by atoms with Gasteiger partial charge in [-0.1, -0.05) is 26.2 Å². The molecule has 0 bridgehead atoms. The Hall–Kier alpha value is -1.06. The van der Waals surface area contributed by atoms with Crippen molar-refractivity contribution in [2.75, 3.05) is 6.61 Å². The van der Waals surface area contributed by atoms with Crippen molar-refractivity contribution in [3.63, 3.8) is 0 Å². The Morgan fingerprint density at radius 1 is 1.05 bits per heavy atom. The van der Waals surface area contributed by atoms with Crippen molar-refractivity contribution in [2.45, 2.75) is 71.8 Å². The van der Waals surface area contributed by atoms with E-state index in [2.05, 4.69) is 6.92 Å². The van der Waals surface area contributed by atoms with Crippen molar-refractivity contribution in [3.05, 3.63) is 0 Å². The lowest BCUT2D eigenvalue weighted by Crippen LogP contribution is -2.38. The smallest absolute Gasteiger partial charge is 0.310 e. The van der Waals surface area contributed by atoms with E-state index in [1.54, 1.807) is 0 Å². The Bertz CT molecular complexity index is 330. The second-order valence-corrected chi connectivity index (χ2v) is 6.55. The van der Waals surface area contributed by atoms with E-state index >= 15 is 0 Å². The molecule has 0 spiro atoms. The fourth-order valence-electron chi connectivity index (χ4n) is 2.50. The zero-order valence-electron chi connectivity index (χ0n) is 13.2. The maximum absolute atomic E-state index is 12.2. The van der Waals surface area contributed by atoms with Crippen LogP contribution in [0.5, 0.6) is 0 Å². The average molecular weight is 284 g/mol. The molecule has 0 aromatic carbocycles. The Balaban J connectivity index is 2.61. The molecule has 20 heavy (non-hydrogen) atoms. The zero-order valence-corrected chi connectivity index (χ0v) is 13.2. The van der Waals surface area contributed by atoms with Crippen LogP contribution < -0.4 is 0 Å². The van der Waals surface area contributed by atoms with Crippen LogP contribution in [0.2, 0.25) is 0 Å². The van der Waals surface area contributed by atoms with Gasteiger partial charge in [0, 0.05) is 0 Å². The second kappa shape index (κ2) is 7.65. The fraction of sp³-hybridized carbons (Fsp3) is 0.875. The molecule has 0 amide bonds. The van der Waals surface area contributed by atoms with Gasteiger partial charge in [0.1, 0.15) is 5.60 Å². The highest BCUT2D eigenvalue weighted by Crippen LogP contribution is 2.33. The van der Waals surface area contributed by atoms with Crippen LogP contribution in [0.15, 0.2) is 0 Å². The lowest BCUT2D eigenvalue weighted by Gasteiger charge is -2.31. The van der Waals surface area contributed by atoms with E-state index in [1.165, 1.54) is 0 Å². The van der Waals surface area contributed by atoms with Gasteiger partial charge < -0.3 is 9.47 Å². The van der Waals surface area contributed by atoms with Gasteiger partial charge in [-0.2, -0.15) is 0 Å². The first-order valence-corrected chi connectivity index (χ1v) is 7.74. The summed E-state index contributed by atoms with van der Waals surface area (Å²) in [6.07, 6.45) is 5.27. The van der Waals surface area contributed by atoms with E-state index in [0.29, 0.717) is 6.61 Å². The van der Waals surface area contributed by atoms with Gasteiger partial charge in [0.15, 0.2) is 0 Å². The Kier molecular flexibility index (Phi) is 6.50. The Labute approximate surface area is 122 Å². The highest BCUT2D eigenvalue weighted by Gasteiger charge is 2.39. The highest BCUT2D eigenvalue weighted by atomic mass is 16.6. The first-order chi connectivity index (χ1) is 9.35. The molecule has 0 saturated heterocycles. The standard InChI is InChI=1S/C16H28O4/c1-5-6-11-19-14(17)12-9-7-8-10-13(12)15(18)20-16(2,3)4/h12-13H,5-11H2,1-4H3. The molecule has 0 aromatic rings. The molecule has 0 radical (unpaired) electrons. The van der Waals surface area contributed by atoms with E-state index in [4.69, 9.17) is 9.47 Å². The lowest BCUT2D eigenvalue weighted by atomic mass is 9.79. The number of esters is 2. The van der Waals surface area contributed by atoms with Gasteiger partial charge >= 0.3 is 11.9 Å². The topological polar surface area (TPSA) is 52.6 Å². The minimum absolute atomic E-state index is 0.228. The summed E-state index contributed by atoms with van der Waals surface area (Å²) in [7, 11) is 0. The Morgan fingerprint density at radius 3 is 2.10 bits per heavy atom. The fourth-order valence-corrected chi connectivity index (χ4v) is 2.50. The number of unbranched alkanes of at least 4 members (excludes halogenated alkanes) is 1. The van der Waals surface area contributed by atoms with Crippen LogP contribution in [0.3, 0.4) is 0 Å². The molecule has 2 atom stereocenters. The molecule has 4 nitrogen and oxygen atoms in total. The van der Waals surface area contributed by atoms with E-state index in [9.17, 15) is 9.59 Å². The van der Waals surface area contributed by atoms with Gasteiger partial charge in [0.05, 0.1) is 18.4 Å². The number of carbonyl (C=O) groups excluding carboxylic acids is 2. The summed E-state index contributed by atoms with van der Waals surface area (Å²) in [6.45, 7) is 8.05. The van der Waals surface area contributed by atoms with E-state index in [-0.39, 0.29) is 23.8 Å². The second-order valence-electron chi connectivity index (χ2n) is 6.55. The summed E-state index contributed by atoms with van der Waals surface area (Å²) in [5.74, 6) is -1.14. The van der Waals surface area contributed by atoms with Crippen molar-refractivity contribution < 1.29 is 19.1 Å². The molecule has 0 aromatic heterocycles. The molecule has 2 unspecified atom stereocenters. The summed E-state index contributed by atoms with van der Waals surface area (Å²) in [5, 5.41) is 0. The predicted molar refractivity (Wildman–Crippen MR) is 77.2 cm³/mol. The van der Waals surface area contributed by atoms with Crippen LogP contribution in [0.1, 0.15) is 66.2 Å². The minimum atomic E-state index is -0.509. The minimum Gasteiger partial charge on any atom is -0.465 e. The number of carbonyl (C=O) groups is 2. The Morgan fingerprint density at radius 2 is 1.60 bits per heavy atom. The van der Waals surface area contributed by atoms with Crippen LogP contribution >= 0.6 is 0 Å². The molecule has 116 valence electrons. The maximum atomic E-state index is 12.2. The largest absolute Gasteiger partial charge is 0.465 e. The third-order valence-corrected chi connectivity index (χ3v) is 3.52.